The van der Waals surface area contributed by atoms with Crippen LogP contribution in [0.15, 0.2) is 0 Å². The van der Waals surface area contributed by atoms with Gasteiger partial charge >= 0.3 is 7.60 Å². The highest BCUT2D eigenvalue weighted by Crippen LogP contribution is 2.67. The van der Waals surface area contributed by atoms with Gasteiger partial charge in [-0.05, 0) is 32.7 Å². The number of likely N-dealkylation sites (tertiary alicyclic amines) is 1. The molecular weight excluding hydrogens is 245 g/mol. The molecule has 0 aromatic carbocycles. The van der Waals surface area contributed by atoms with Crippen LogP contribution < -0.4 is 0 Å². The van der Waals surface area contributed by atoms with Gasteiger partial charge in [-0.1, -0.05) is 0 Å². The fraction of sp³-hybridized carbons (Fsp3) is 1.00. The molecule has 17 heavy (non-hydrogen) atoms. The van der Waals surface area contributed by atoms with E-state index in [-0.39, 0.29) is 6.04 Å². The zero-order valence-corrected chi connectivity index (χ0v) is 10.8. The molecule has 1 saturated carbocycles. The van der Waals surface area contributed by atoms with E-state index >= 15 is 0 Å². The lowest BCUT2D eigenvalue weighted by Crippen LogP contribution is -2.51. The Morgan fingerprint density at radius 3 is 2.35 bits per heavy atom. The molecule has 0 aromatic rings. The zero-order chi connectivity index (χ0) is 12.8. The largest absolute Gasteiger partial charge is 0.390 e. The Labute approximate surface area is 100 Å². The predicted octanol–water partition coefficient (Wildman–Crippen LogP) is -0.487. The zero-order valence-electron chi connectivity index (χ0n) is 9.86. The molecule has 1 aliphatic carbocycles. The highest BCUT2D eigenvalue weighted by atomic mass is 31.2. The van der Waals surface area contributed by atoms with Gasteiger partial charge in [0.15, 0.2) is 0 Å². The summed E-state index contributed by atoms with van der Waals surface area (Å²) in [6.45, 7) is 0.350. The minimum Gasteiger partial charge on any atom is -0.390 e. The molecular formula is C10H20NO5P. The lowest BCUT2D eigenvalue weighted by atomic mass is 9.94. The molecule has 0 spiro atoms. The SMILES string of the molecule is CN1CC(O)C(O)CC1CC1(P(=O)(O)O)CC1. The quantitative estimate of drug-likeness (QED) is 0.514. The van der Waals surface area contributed by atoms with E-state index in [2.05, 4.69) is 0 Å². The third-order valence-electron chi connectivity index (χ3n) is 4.12. The van der Waals surface area contributed by atoms with E-state index in [0.717, 1.165) is 0 Å². The van der Waals surface area contributed by atoms with Gasteiger partial charge < -0.3 is 24.9 Å². The normalized spacial score (nSPS) is 38.1. The van der Waals surface area contributed by atoms with E-state index in [4.69, 9.17) is 0 Å². The Morgan fingerprint density at radius 2 is 1.88 bits per heavy atom. The summed E-state index contributed by atoms with van der Waals surface area (Å²) in [5.41, 5.74) is 0. The maximum atomic E-state index is 11.4. The number of hydrogen-bond acceptors (Lipinski definition) is 4. The highest BCUT2D eigenvalue weighted by molar-refractivity contribution is 7.54. The summed E-state index contributed by atoms with van der Waals surface area (Å²) < 4.78 is 11.4. The van der Waals surface area contributed by atoms with Gasteiger partial charge in [0.1, 0.15) is 0 Å². The molecule has 6 nitrogen and oxygen atoms in total. The van der Waals surface area contributed by atoms with Crippen molar-refractivity contribution in [2.24, 2.45) is 0 Å². The first-order valence-electron chi connectivity index (χ1n) is 5.87. The van der Waals surface area contributed by atoms with E-state index in [9.17, 15) is 24.6 Å². The average Bonchev–Trinajstić information content (AvgIpc) is 2.94. The second kappa shape index (κ2) is 4.30. The first-order valence-corrected chi connectivity index (χ1v) is 7.48. The van der Waals surface area contributed by atoms with Gasteiger partial charge in [0.2, 0.25) is 0 Å². The van der Waals surface area contributed by atoms with E-state index in [1.165, 1.54) is 0 Å². The summed E-state index contributed by atoms with van der Waals surface area (Å²) in [4.78, 5) is 20.5. The molecule has 3 unspecified atom stereocenters. The van der Waals surface area contributed by atoms with Gasteiger partial charge in [-0.2, -0.15) is 0 Å². The van der Waals surface area contributed by atoms with Gasteiger partial charge in [-0.25, -0.2) is 0 Å². The van der Waals surface area contributed by atoms with Crippen LogP contribution in [0.4, 0.5) is 0 Å². The second-order valence-corrected chi connectivity index (χ2v) is 7.47. The van der Waals surface area contributed by atoms with Crippen LogP contribution in [-0.4, -0.2) is 61.9 Å². The van der Waals surface area contributed by atoms with Gasteiger partial charge in [-0.3, -0.25) is 4.57 Å². The lowest BCUT2D eigenvalue weighted by molar-refractivity contribution is -0.0555. The molecule has 3 atom stereocenters. The number of likely N-dealkylation sites (N-methyl/N-ethyl adjacent to an activating group) is 1. The molecule has 2 aliphatic rings. The van der Waals surface area contributed by atoms with Crippen molar-refractivity contribution in [3.05, 3.63) is 0 Å². The van der Waals surface area contributed by atoms with Crippen molar-refractivity contribution in [3.8, 4) is 0 Å². The van der Waals surface area contributed by atoms with Crippen LogP contribution >= 0.6 is 7.60 Å². The van der Waals surface area contributed by atoms with Crippen molar-refractivity contribution >= 4 is 7.60 Å². The van der Waals surface area contributed by atoms with E-state index in [0.29, 0.717) is 32.2 Å². The van der Waals surface area contributed by atoms with E-state index in [1.54, 1.807) is 0 Å². The van der Waals surface area contributed by atoms with Crippen LogP contribution in [0.1, 0.15) is 25.7 Å². The van der Waals surface area contributed by atoms with Gasteiger partial charge in [0, 0.05) is 12.6 Å². The first-order chi connectivity index (χ1) is 7.75. The molecule has 7 heteroatoms. The number of nitrogens with zero attached hydrogens (tertiary/aromatic N) is 1. The third kappa shape index (κ3) is 2.57. The predicted molar refractivity (Wildman–Crippen MR) is 61.7 cm³/mol. The molecule has 0 amide bonds. The molecule has 0 bridgehead atoms. The van der Waals surface area contributed by atoms with Crippen molar-refractivity contribution in [3.63, 3.8) is 0 Å². The summed E-state index contributed by atoms with van der Waals surface area (Å²) in [6.07, 6.45) is 0.336. The van der Waals surface area contributed by atoms with Gasteiger partial charge in [-0.15, -0.1) is 0 Å². The fourth-order valence-electron chi connectivity index (χ4n) is 2.62. The lowest BCUT2D eigenvalue weighted by Gasteiger charge is -2.39. The Hall–Kier alpha value is 0.0300. The van der Waals surface area contributed by atoms with Crippen LogP contribution in [-0.2, 0) is 4.57 Å². The summed E-state index contributed by atoms with van der Waals surface area (Å²) in [6, 6.07) is -0.0662. The van der Waals surface area contributed by atoms with Crippen LogP contribution in [0.5, 0.6) is 0 Å². The number of aliphatic hydroxyl groups is 2. The molecule has 2 rings (SSSR count). The van der Waals surface area contributed by atoms with Gasteiger partial charge in [0.05, 0.1) is 17.4 Å². The monoisotopic (exact) mass is 265 g/mol. The maximum absolute atomic E-state index is 11.4. The van der Waals surface area contributed by atoms with Crippen LogP contribution in [0, 0.1) is 0 Å². The number of β-amino-alcohol motifs (C(OH)–C–C–N with tert-alkyl or cyclic N) is 1. The van der Waals surface area contributed by atoms with Crippen molar-refractivity contribution in [2.45, 2.75) is 49.1 Å². The first kappa shape index (κ1) is 13.5. The minimum atomic E-state index is -4.06. The molecule has 100 valence electrons. The molecule has 2 fully saturated rings. The van der Waals surface area contributed by atoms with E-state index in [1.807, 2.05) is 11.9 Å². The highest BCUT2D eigenvalue weighted by Gasteiger charge is 2.58. The summed E-state index contributed by atoms with van der Waals surface area (Å²) in [5.74, 6) is 0. The van der Waals surface area contributed by atoms with Crippen LogP contribution in [0.25, 0.3) is 0 Å². The number of hydrogen-bond donors (Lipinski definition) is 4. The topological polar surface area (TPSA) is 101 Å². The Morgan fingerprint density at radius 1 is 1.29 bits per heavy atom. The van der Waals surface area contributed by atoms with Crippen molar-refractivity contribution in [2.75, 3.05) is 13.6 Å². The number of aliphatic hydroxyl groups excluding tert-OH is 2. The Bertz CT molecular complexity index is 340. The molecule has 0 radical (unpaired) electrons. The van der Waals surface area contributed by atoms with Crippen molar-refractivity contribution < 1.29 is 24.6 Å². The van der Waals surface area contributed by atoms with Crippen LogP contribution in [0.3, 0.4) is 0 Å². The Balaban J connectivity index is 2.02. The second-order valence-electron chi connectivity index (χ2n) is 5.44. The van der Waals surface area contributed by atoms with Crippen molar-refractivity contribution in [1.82, 2.24) is 4.90 Å². The summed E-state index contributed by atoms with van der Waals surface area (Å²) in [7, 11) is -2.24. The molecule has 4 N–H and O–H groups in total. The average molecular weight is 265 g/mol. The smallest absolute Gasteiger partial charge is 0.331 e. The Kier molecular flexibility index (Phi) is 3.40. The fourth-order valence-corrected chi connectivity index (χ4v) is 3.76. The summed E-state index contributed by atoms with van der Waals surface area (Å²) >= 11 is 0. The maximum Gasteiger partial charge on any atom is 0.331 e. The standard InChI is InChI=1S/C10H20NO5P/c1-11-6-9(13)8(12)4-7(11)5-10(2-3-10)17(14,15)16/h7-9,12-13H,2-6H2,1H3,(H2,14,15,16). The number of rotatable bonds is 3. The molecule has 0 aromatic heterocycles. The third-order valence-corrected chi connectivity index (χ3v) is 5.98. The molecule has 1 heterocycles. The van der Waals surface area contributed by atoms with Crippen LogP contribution in [0.2, 0.25) is 0 Å². The minimum absolute atomic E-state index is 0.0662. The van der Waals surface area contributed by atoms with Gasteiger partial charge in [0.25, 0.3) is 0 Å². The molecule has 1 aliphatic heterocycles. The molecule has 1 saturated heterocycles. The summed E-state index contributed by atoms with van der Waals surface area (Å²) in [5, 5.41) is 18.2. The number of piperidine rings is 1. The van der Waals surface area contributed by atoms with E-state index < -0.39 is 25.0 Å². The van der Waals surface area contributed by atoms with Crippen molar-refractivity contribution in [1.29, 1.82) is 0 Å².